The van der Waals surface area contributed by atoms with Crippen LogP contribution in [0.5, 0.6) is 0 Å². The molecule has 3 aromatic carbocycles. The first-order valence-corrected chi connectivity index (χ1v) is 9.47. The van der Waals surface area contributed by atoms with E-state index in [1.807, 2.05) is 74.5 Å². The first kappa shape index (κ1) is 18.3. The Morgan fingerprint density at radius 2 is 1.82 bits per heavy atom. The maximum absolute atomic E-state index is 12.7. The Balaban J connectivity index is 1.68. The molecule has 0 spiro atoms. The van der Waals surface area contributed by atoms with Gasteiger partial charge in [-0.3, -0.25) is 9.48 Å². The summed E-state index contributed by atoms with van der Waals surface area (Å²) in [6.45, 7) is 4.14. The summed E-state index contributed by atoms with van der Waals surface area (Å²) in [6.07, 6.45) is 0. The SMILES string of the molecule is Cc1ccc(NC(=O)Cn2nc(-c3ccccc3)c3cc(Cl)ccc32)c(C)c1. The number of amides is 1. The van der Waals surface area contributed by atoms with Gasteiger partial charge in [0.1, 0.15) is 12.2 Å². The van der Waals surface area contributed by atoms with Gasteiger partial charge in [-0.1, -0.05) is 59.6 Å². The number of nitrogens with one attached hydrogen (secondary N) is 1. The molecule has 4 rings (SSSR count). The van der Waals surface area contributed by atoms with E-state index < -0.39 is 0 Å². The molecule has 0 fully saturated rings. The van der Waals surface area contributed by atoms with Gasteiger partial charge in [-0.25, -0.2) is 0 Å². The number of nitrogens with zero attached hydrogens (tertiary/aromatic N) is 2. The van der Waals surface area contributed by atoms with E-state index >= 15 is 0 Å². The quantitative estimate of drug-likeness (QED) is 0.493. The van der Waals surface area contributed by atoms with E-state index in [0.29, 0.717) is 5.02 Å². The first-order chi connectivity index (χ1) is 13.5. The Morgan fingerprint density at radius 3 is 2.57 bits per heavy atom. The van der Waals surface area contributed by atoms with Crippen LogP contribution in [0.2, 0.25) is 5.02 Å². The molecule has 28 heavy (non-hydrogen) atoms. The lowest BCUT2D eigenvalue weighted by molar-refractivity contribution is -0.116. The molecule has 4 aromatic rings. The average Bonchev–Trinajstić information content (AvgIpc) is 3.02. The maximum atomic E-state index is 12.7. The molecule has 1 heterocycles. The summed E-state index contributed by atoms with van der Waals surface area (Å²) in [6, 6.07) is 21.5. The second-order valence-corrected chi connectivity index (χ2v) is 7.34. The number of aromatic nitrogens is 2. The molecule has 0 unspecified atom stereocenters. The summed E-state index contributed by atoms with van der Waals surface area (Å²) in [7, 11) is 0. The second-order valence-electron chi connectivity index (χ2n) is 6.90. The smallest absolute Gasteiger partial charge is 0.246 e. The third kappa shape index (κ3) is 3.64. The first-order valence-electron chi connectivity index (χ1n) is 9.10. The Morgan fingerprint density at radius 1 is 1.04 bits per heavy atom. The molecule has 0 saturated carbocycles. The molecular formula is C23H20ClN3O. The number of rotatable bonds is 4. The number of halogens is 1. The highest BCUT2D eigenvalue weighted by Gasteiger charge is 2.15. The molecule has 0 bridgehead atoms. The van der Waals surface area contributed by atoms with Crippen LogP contribution in [-0.2, 0) is 11.3 Å². The molecule has 4 nitrogen and oxygen atoms in total. The van der Waals surface area contributed by atoms with E-state index in [4.69, 9.17) is 16.7 Å². The second kappa shape index (κ2) is 7.49. The zero-order valence-corrected chi connectivity index (χ0v) is 16.5. The van der Waals surface area contributed by atoms with Gasteiger partial charge in [-0.15, -0.1) is 0 Å². The third-order valence-corrected chi connectivity index (χ3v) is 4.94. The maximum Gasteiger partial charge on any atom is 0.246 e. The lowest BCUT2D eigenvalue weighted by atomic mass is 10.1. The summed E-state index contributed by atoms with van der Waals surface area (Å²) in [5.41, 5.74) is 5.70. The zero-order valence-electron chi connectivity index (χ0n) is 15.7. The van der Waals surface area contributed by atoms with Crippen LogP contribution >= 0.6 is 11.6 Å². The summed E-state index contributed by atoms with van der Waals surface area (Å²) in [5, 5.41) is 9.27. The number of benzene rings is 3. The molecule has 0 atom stereocenters. The number of carbonyl (C=O) groups excluding carboxylic acids is 1. The van der Waals surface area contributed by atoms with Crippen molar-refractivity contribution >= 4 is 34.1 Å². The number of anilines is 1. The largest absolute Gasteiger partial charge is 0.324 e. The van der Waals surface area contributed by atoms with Gasteiger partial charge < -0.3 is 5.32 Å². The Hall–Kier alpha value is -3.11. The molecule has 140 valence electrons. The normalized spacial score (nSPS) is 11.0. The van der Waals surface area contributed by atoms with E-state index in [9.17, 15) is 4.79 Å². The third-order valence-electron chi connectivity index (χ3n) is 4.71. The number of fused-ring (bicyclic) bond motifs is 1. The summed E-state index contributed by atoms with van der Waals surface area (Å²) < 4.78 is 1.73. The van der Waals surface area contributed by atoms with Gasteiger partial charge in [0.2, 0.25) is 5.91 Å². The van der Waals surface area contributed by atoms with E-state index in [0.717, 1.165) is 39.0 Å². The van der Waals surface area contributed by atoms with Gasteiger partial charge >= 0.3 is 0 Å². The predicted octanol–water partition coefficient (Wildman–Crippen LogP) is 5.61. The van der Waals surface area contributed by atoms with Crippen molar-refractivity contribution < 1.29 is 4.79 Å². The predicted molar refractivity (Wildman–Crippen MR) is 115 cm³/mol. The fourth-order valence-electron chi connectivity index (χ4n) is 3.36. The fraction of sp³-hybridized carbons (Fsp3) is 0.130. The zero-order chi connectivity index (χ0) is 19.7. The van der Waals surface area contributed by atoms with Crippen LogP contribution < -0.4 is 5.32 Å². The highest BCUT2D eigenvalue weighted by molar-refractivity contribution is 6.31. The van der Waals surface area contributed by atoms with Crippen molar-refractivity contribution in [1.29, 1.82) is 0 Å². The number of carbonyl (C=O) groups is 1. The standard InChI is InChI=1S/C23H20ClN3O/c1-15-8-10-20(16(2)12-15)25-22(28)14-27-21-11-9-18(24)13-19(21)23(26-27)17-6-4-3-5-7-17/h3-13H,14H2,1-2H3,(H,25,28). The lowest BCUT2D eigenvalue weighted by Gasteiger charge is -2.09. The van der Waals surface area contributed by atoms with Crippen molar-refractivity contribution in [3.05, 3.63) is 82.9 Å². The minimum absolute atomic E-state index is 0.120. The van der Waals surface area contributed by atoms with Crippen LogP contribution in [-0.4, -0.2) is 15.7 Å². The molecule has 0 radical (unpaired) electrons. The van der Waals surface area contributed by atoms with Crippen molar-refractivity contribution in [2.24, 2.45) is 0 Å². The van der Waals surface area contributed by atoms with Crippen molar-refractivity contribution in [3.8, 4) is 11.3 Å². The van der Waals surface area contributed by atoms with Gasteiger partial charge in [-0.2, -0.15) is 5.10 Å². The van der Waals surface area contributed by atoms with E-state index in [1.54, 1.807) is 4.68 Å². The van der Waals surface area contributed by atoms with Gasteiger partial charge in [0.15, 0.2) is 0 Å². The van der Waals surface area contributed by atoms with Crippen molar-refractivity contribution in [2.75, 3.05) is 5.32 Å². The number of hydrogen-bond acceptors (Lipinski definition) is 2. The van der Waals surface area contributed by atoms with Gasteiger partial charge in [0.05, 0.1) is 5.52 Å². The Kier molecular flexibility index (Phi) is 4.88. The van der Waals surface area contributed by atoms with Crippen LogP contribution in [0.3, 0.4) is 0 Å². The average molecular weight is 390 g/mol. The van der Waals surface area contributed by atoms with Crippen LogP contribution in [0.1, 0.15) is 11.1 Å². The minimum Gasteiger partial charge on any atom is -0.324 e. The molecule has 1 N–H and O–H groups in total. The molecule has 1 aromatic heterocycles. The Bertz CT molecular complexity index is 1170. The molecule has 0 aliphatic carbocycles. The van der Waals surface area contributed by atoms with Crippen LogP contribution in [0, 0.1) is 13.8 Å². The molecule has 0 saturated heterocycles. The molecular weight excluding hydrogens is 370 g/mol. The number of hydrogen-bond donors (Lipinski definition) is 1. The minimum atomic E-state index is -0.120. The summed E-state index contributed by atoms with van der Waals surface area (Å²) in [5.74, 6) is -0.120. The van der Waals surface area contributed by atoms with Crippen molar-refractivity contribution in [3.63, 3.8) is 0 Å². The summed E-state index contributed by atoms with van der Waals surface area (Å²) >= 11 is 6.21. The summed E-state index contributed by atoms with van der Waals surface area (Å²) in [4.78, 5) is 12.7. The van der Waals surface area contributed by atoms with E-state index in [1.165, 1.54) is 0 Å². The van der Waals surface area contributed by atoms with Crippen LogP contribution in [0.25, 0.3) is 22.2 Å². The highest BCUT2D eigenvalue weighted by atomic mass is 35.5. The monoisotopic (exact) mass is 389 g/mol. The molecule has 0 aliphatic rings. The number of aryl methyl sites for hydroxylation is 2. The van der Waals surface area contributed by atoms with Crippen molar-refractivity contribution in [1.82, 2.24) is 9.78 Å². The molecule has 1 amide bonds. The molecule has 0 aliphatic heterocycles. The Labute approximate surface area is 168 Å². The molecule has 5 heteroatoms. The lowest BCUT2D eigenvalue weighted by Crippen LogP contribution is -2.20. The van der Waals surface area contributed by atoms with Gasteiger partial charge in [0, 0.05) is 21.7 Å². The fourth-order valence-corrected chi connectivity index (χ4v) is 3.53. The van der Waals surface area contributed by atoms with Gasteiger partial charge in [-0.05, 0) is 43.7 Å². The topological polar surface area (TPSA) is 46.9 Å². The van der Waals surface area contributed by atoms with Crippen molar-refractivity contribution in [2.45, 2.75) is 20.4 Å². The van der Waals surface area contributed by atoms with Crippen LogP contribution in [0.4, 0.5) is 5.69 Å². The van der Waals surface area contributed by atoms with Crippen LogP contribution in [0.15, 0.2) is 66.7 Å². The van der Waals surface area contributed by atoms with E-state index in [-0.39, 0.29) is 12.5 Å². The van der Waals surface area contributed by atoms with E-state index in [2.05, 4.69) is 11.4 Å². The highest BCUT2D eigenvalue weighted by Crippen LogP contribution is 2.30. The van der Waals surface area contributed by atoms with Gasteiger partial charge in [0.25, 0.3) is 0 Å².